The molecule has 106 valence electrons. The predicted octanol–water partition coefficient (Wildman–Crippen LogP) is 0.933. The number of hydrogen-bond donors (Lipinski definition) is 2. The van der Waals surface area contributed by atoms with Crippen LogP contribution in [0.2, 0.25) is 0 Å². The van der Waals surface area contributed by atoms with Gasteiger partial charge in [0.15, 0.2) is 0 Å². The van der Waals surface area contributed by atoms with Gasteiger partial charge in [-0.05, 0) is 32.4 Å². The lowest BCUT2D eigenvalue weighted by molar-refractivity contribution is -0.143. The average Bonchev–Trinajstić information content (AvgIpc) is 2.92. The zero-order valence-electron chi connectivity index (χ0n) is 11.8. The smallest absolute Gasteiger partial charge is 0.229 e. The molecule has 1 saturated heterocycles. The van der Waals surface area contributed by atoms with Crippen LogP contribution < -0.4 is 5.32 Å². The van der Waals surface area contributed by atoms with Crippen LogP contribution in [0.15, 0.2) is 6.33 Å². The van der Waals surface area contributed by atoms with Crippen LogP contribution in [0.5, 0.6) is 0 Å². The first kappa shape index (κ1) is 14.0. The molecule has 0 aliphatic carbocycles. The highest BCUT2D eigenvalue weighted by Crippen LogP contribution is 2.36. The quantitative estimate of drug-likeness (QED) is 0.830. The highest BCUT2D eigenvalue weighted by Gasteiger charge is 2.40. The molecule has 0 radical (unpaired) electrons. The number of aromatic nitrogens is 3. The molecule has 1 amide bonds. The van der Waals surface area contributed by atoms with Gasteiger partial charge in [0.2, 0.25) is 5.91 Å². The molecule has 1 aliphatic heterocycles. The van der Waals surface area contributed by atoms with E-state index in [0.29, 0.717) is 6.54 Å². The zero-order chi connectivity index (χ0) is 13.7. The van der Waals surface area contributed by atoms with Crippen LogP contribution in [-0.4, -0.2) is 46.1 Å². The normalized spacial score (nSPS) is 18.2. The number of carbonyl (C=O) groups excluding carboxylic acids is 1. The van der Waals surface area contributed by atoms with E-state index in [2.05, 4.69) is 27.4 Å². The van der Waals surface area contributed by atoms with E-state index in [1.54, 1.807) is 4.90 Å². The second kappa shape index (κ2) is 6.14. The molecule has 2 rings (SSSR count). The monoisotopic (exact) mass is 265 g/mol. The summed E-state index contributed by atoms with van der Waals surface area (Å²) < 4.78 is 0. The largest absolute Gasteiger partial charge is 0.338 e. The lowest BCUT2D eigenvalue weighted by Crippen LogP contribution is -2.48. The minimum absolute atomic E-state index is 0.186. The van der Waals surface area contributed by atoms with Gasteiger partial charge in [0.25, 0.3) is 0 Å². The third-order valence-electron chi connectivity index (χ3n) is 3.94. The standard InChI is InChI=1S/C13H23N5O/c1-3-4-13(5-7-14-8-6-13)12(19)18(2)9-11-15-10-16-17-11/h10,14H,3-9H2,1-2H3,(H,15,16,17). The first-order chi connectivity index (χ1) is 9.18. The van der Waals surface area contributed by atoms with Crippen molar-refractivity contribution in [3.8, 4) is 0 Å². The van der Waals surface area contributed by atoms with Crippen molar-refractivity contribution in [3.05, 3.63) is 12.2 Å². The Hall–Kier alpha value is -1.43. The molecule has 1 aromatic rings. The Balaban J connectivity index is 2.05. The van der Waals surface area contributed by atoms with Crippen molar-refractivity contribution in [1.82, 2.24) is 25.4 Å². The van der Waals surface area contributed by atoms with Crippen molar-refractivity contribution >= 4 is 5.91 Å². The summed E-state index contributed by atoms with van der Waals surface area (Å²) in [5.41, 5.74) is -0.186. The van der Waals surface area contributed by atoms with Gasteiger partial charge in [-0.3, -0.25) is 9.89 Å². The predicted molar refractivity (Wildman–Crippen MR) is 72.3 cm³/mol. The molecule has 19 heavy (non-hydrogen) atoms. The molecule has 6 nitrogen and oxygen atoms in total. The Kier molecular flexibility index (Phi) is 4.52. The fraction of sp³-hybridized carbons (Fsp3) is 0.769. The Labute approximate surface area is 114 Å². The van der Waals surface area contributed by atoms with Crippen molar-refractivity contribution in [1.29, 1.82) is 0 Å². The van der Waals surface area contributed by atoms with Gasteiger partial charge >= 0.3 is 0 Å². The summed E-state index contributed by atoms with van der Waals surface area (Å²) in [7, 11) is 1.85. The van der Waals surface area contributed by atoms with Gasteiger partial charge in [-0.25, -0.2) is 4.98 Å². The molecule has 6 heteroatoms. The van der Waals surface area contributed by atoms with E-state index in [1.807, 2.05) is 7.05 Å². The first-order valence-electron chi connectivity index (χ1n) is 6.98. The van der Waals surface area contributed by atoms with E-state index in [4.69, 9.17) is 0 Å². The van der Waals surface area contributed by atoms with Gasteiger partial charge in [-0.1, -0.05) is 13.3 Å². The molecule has 1 aliphatic rings. The summed E-state index contributed by atoms with van der Waals surface area (Å²) in [5.74, 6) is 0.976. The van der Waals surface area contributed by atoms with Gasteiger partial charge < -0.3 is 10.2 Å². The highest BCUT2D eigenvalue weighted by atomic mass is 16.2. The van der Waals surface area contributed by atoms with Crippen LogP contribution in [-0.2, 0) is 11.3 Å². The fourth-order valence-corrected chi connectivity index (χ4v) is 2.96. The molecule has 0 saturated carbocycles. The third kappa shape index (κ3) is 3.12. The van der Waals surface area contributed by atoms with Gasteiger partial charge in [0.1, 0.15) is 12.2 Å². The fourth-order valence-electron chi connectivity index (χ4n) is 2.96. The van der Waals surface area contributed by atoms with Crippen molar-refractivity contribution in [2.45, 2.75) is 39.2 Å². The number of carbonyl (C=O) groups is 1. The van der Waals surface area contributed by atoms with Crippen molar-refractivity contribution in [2.75, 3.05) is 20.1 Å². The van der Waals surface area contributed by atoms with Gasteiger partial charge in [0.05, 0.1) is 12.0 Å². The Bertz CT molecular complexity index is 392. The molecule has 0 bridgehead atoms. The number of H-pyrrole nitrogens is 1. The molecule has 1 aromatic heterocycles. The average molecular weight is 265 g/mol. The molecule has 0 atom stereocenters. The molecule has 2 heterocycles. The zero-order valence-corrected chi connectivity index (χ0v) is 11.8. The molecular weight excluding hydrogens is 242 g/mol. The van der Waals surface area contributed by atoms with Crippen LogP contribution in [0.25, 0.3) is 0 Å². The van der Waals surface area contributed by atoms with E-state index >= 15 is 0 Å². The van der Waals surface area contributed by atoms with Crippen molar-refractivity contribution < 1.29 is 4.79 Å². The topological polar surface area (TPSA) is 73.9 Å². The maximum absolute atomic E-state index is 12.8. The van der Waals surface area contributed by atoms with Crippen LogP contribution in [0.3, 0.4) is 0 Å². The van der Waals surface area contributed by atoms with Crippen LogP contribution in [0, 0.1) is 5.41 Å². The minimum atomic E-state index is -0.186. The Morgan fingerprint density at radius 3 is 2.79 bits per heavy atom. The lowest BCUT2D eigenvalue weighted by atomic mass is 9.74. The molecular formula is C13H23N5O. The third-order valence-corrected chi connectivity index (χ3v) is 3.94. The summed E-state index contributed by atoms with van der Waals surface area (Å²) in [6.07, 6.45) is 5.34. The van der Waals surface area contributed by atoms with Gasteiger partial charge in [-0.2, -0.15) is 5.10 Å². The molecule has 0 unspecified atom stereocenters. The summed E-state index contributed by atoms with van der Waals surface area (Å²) in [4.78, 5) is 18.6. The summed E-state index contributed by atoms with van der Waals surface area (Å²) in [6, 6.07) is 0. The Morgan fingerprint density at radius 1 is 1.47 bits per heavy atom. The number of hydrogen-bond acceptors (Lipinski definition) is 4. The first-order valence-corrected chi connectivity index (χ1v) is 6.98. The van der Waals surface area contributed by atoms with E-state index < -0.39 is 0 Å². The second-order valence-electron chi connectivity index (χ2n) is 5.37. The van der Waals surface area contributed by atoms with Crippen LogP contribution >= 0.6 is 0 Å². The molecule has 0 aromatic carbocycles. The van der Waals surface area contributed by atoms with Crippen molar-refractivity contribution in [3.63, 3.8) is 0 Å². The number of amides is 1. The molecule has 1 fully saturated rings. The van der Waals surface area contributed by atoms with E-state index in [0.717, 1.165) is 44.6 Å². The SMILES string of the molecule is CCCC1(C(=O)N(C)Cc2ncn[nH]2)CCNCC1. The second-order valence-corrected chi connectivity index (χ2v) is 5.37. The number of aromatic amines is 1. The van der Waals surface area contributed by atoms with E-state index in [-0.39, 0.29) is 11.3 Å². The van der Waals surface area contributed by atoms with Crippen LogP contribution in [0.4, 0.5) is 0 Å². The van der Waals surface area contributed by atoms with Gasteiger partial charge in [-0.15, -0.1) is 0 Å². The number of piperidine rings is 1. The Morgan fingerprint density at radius 2 is 2.21 bits per heavy atom. The maximum Gasteiger partial charge on any atom is 0.229 e. The summed E-state index contributed by atoms with van der Waals surface area (Å²) in [6.45, 7) is 4.51. The molecule has 0 spiro atoms. The van der Waals surface area contributed by atoms with Crippen molar-refractivity contribution in [2.24, 2.45) is 5.41 Å². The summed E-state index contributed by atoms with van der Waals surface area (Å²) >= 11 is 0. The maximum atomic E-state index is 12.8. The van der Waals surface area contributed by atoms with E-state index in [9.17, 15) is 4.79 Å². The molecule has 2 N–H and O–H groups in total. The number of nitrogens with one attached hydrogen (secondary N) is 2. The van der Waals surface area contributed by atoms with Crippen LogP contribution in [0.1, 0.15) is 38.4 Å². The highest BCUT2D eigenvalue weighted by molar-refractivity contribution is 5.82. The lowest BCUT2D eigenvalue weighted by Gasteiger charge is -2.38. The number of rotatable bonds is 5. The van der Waals surface area contributed by atoms with E-state index in [1.165, 1.54) is 6.33 Å². The minimum Gasteiger partial charge on any atom is -0.338 e. The number of nitrogens with zero attached hydrogens (tertiary/aromatic N) is 3. The summed E-state index contributed by atoms with van der Waals surface area (Å²) in [5, 5.41) is 9.96. The van der Waals surface area contributed by atoms with Gasteiger partial charge in [0, 0.05) is 7.05 Å².